The van der Waals surface area contributed by atoms with Gasteiger partial charge in [-0.1, -0.05) is 25.1 Å². The molecule has 0 saturated heterocycles. The second kappa shape index (κ2) is 5.21. The lowest BCUT2D eigenvalue weighted by Gasteiger charge is -2.01. The molecule has 0 N–H and O–H groups in total. The first-order chi connectivity index (χ1) is 8.80. The Balaban J connectivity index is 2.63. The van der Waals surface area contributed by atoms with E-state index in [1.165, 1.54) is 0 Å². The lowest BCUT2D eigenvalue weighted by atomic mass is 10.1. The molecule has 0 radical (unpaired) electrons. The number of benzene rings is 1. The molecular formula is C15H13N3. The van der Waals surface area contributed by atoms with Gasteiger partial charge in [0.1, 0.15) is 17.7 Å². The Labute approximate surface area is 106 Å². The van der Waals surface area contributed by atoms with Crippen molar-refractivity contribution in [3.8, 4) is 12.1 Å². The number of aromatic nitrogens is 1. The minimum Gasteiger partial charge on any atom is -0.347 e. The van der Waals surface area contributed by atoms with Crippen LogP contribution in [-0.4, -0.2) is 4.57 Å². The van der Waals surface area contributed by atoms with E-state index in [0.717, 1.165) is 29.4 Å². The van der Waals surface area contributed by atoms with Crippen molar-refractivity contribution in [1.29, 1.82) is 10.5 Å². The Bertz CT molecular complexity index is 662. The highest BCUT2D eigenvalue weighted by Gasteiger charge is 2.06. The highest BCUT2D eigenvalue weighted by Crippen LogP contribution is 2.23. The molecule has 88 valence electrons. The van der Waals surface area contributed by atoms with Crippen LogP contribution in [0.1, 0.15) is 18.9 Å². The van der Waals surface area contributed by atoms with Crippen molar-refractivity contribution >= 4 is 17.0 Å². The van der Waals surface area contributed by atoms with E-state index in [0.29, 0.717) is 0 Å². The molecule has 1 aromatic carbocycles. The average molecular weight is 235 g/mol. The molecule has 0 amide bonds. The van der Waals surface area contributed by atoms with Gasteiger partial charge >= 0.3 is 0 Å². The summed E-state index contributed by atoms with van der Waals surface area (Å²) in [6.07, 6.45) is 4.70. The maximum atomic E-state index is 8.82. The number of hydrogen-bond acceptors (Lipinski definition) is 2. The van der Waals surface area contributed by atoms with Crippen LogP contribution in [0.25, 0.3) is 17.0 Å². The number of hydrogen-bond donors (Lipinski definition) is 0. The second-order valence-corrected chi connectivity index (χ2v) is 4.08. The molecule has 0 aliphatic heterocycles. The predicted molar refractivity (Wildman–Crippen MR) is 71.4 cm³/mol. The smallest absolute Gasteiger partial charge is 0.130 e. The van der Waals surface area contributed by atoms with Gasteiger partial charge in [0.2, 0.25) is 0 Å². The molecule has 3 nitrogen and oxygen atoms in total. The summed E-state index contributed by atoms with van der Waals surface area (Å²) < 4.78 is 2.16. The molecule has 0 aliphatic rings. The van der Waals surface area contributed by atoms with E-state index in [1.54, 1.807) is 6.08 Å². The largest absolute Gasteiger partial charge is 0.347 e. The van der Waals surface area contributed by atoms with Crippen LogP contribution in [0.15, 0.2) is 36.0 Å². The van der Waals surface area contributed by atoms with Gasteiger partial charge in [-0.05, 0) is 18.6 Å². The van der Waals surface area contributed by atoms with Crippen molar-refractivity contribution in [3.05, 3.63) is 41.6 Å². The molecule has 1 heterocycles. The van der Waals surface area contributed by atoms with Crippen molar-refractivity contribution in [1.82, 2.24) is 4.57 Å². The highest BCUT2D eigenvalue weighted by atomic mass is 14.9. The van der Waals surface area contributed by atoms with Crippen molar-refractivity contribution in [2.24, 2.45) is 0 Å². The van der Waals surface area contributed by atoms with Gasteiger partial charge in [-0.2, -0.15) is 10.5 Å². The minimum absolute atomic E-state index is 0.134. The second-order valence-electron chi connectivity index (χ2n) is 4.08. The fourth-order valence-electron chi connectivity index (χ4n) is 2.06. The number of nitrogens with zero attached hydrogens (tertiary/aromatic N) is 3. The van der Waals surface area contributed by atoms with Gasteiger partial charge in [0.15, 0.2) is 0 Å². The fraction of sp³-hybridized carbons (Fsp3) is 0.200. The summed E-state index contributed by atoms with van der Waals surface area (Å²) in [5, 5.41) is 18.7. The molecule has 0 bridgehead atoms. The van der Waals surface area contributed by atoms with Crippen LogP contribution in [0.5, 0.6) is 0 Å². The topological polar surface area (TPSA) is 52.5 Å². The Hall–Kier alpha value is -2.52. The van der Waals surface area contributed by atoms with Crippen LogP contribution in [0, 0.1) is 22.7 Å². The zero-order valence-corrected chi connectivity index (χ0v) is 10.2. The van der Waals surface area contributed by atoms with Gasteiger partial charge in [-0.15, -0.1) is 0 Å². The van der Waals surface area contributed by atoms with Gasteiger partial charge in [0.05, 0.1) is 0 Å². The van der Waals surface area contributed by atoms with Crippen LogP contribution >= 0.6 is 0 Å². The van der Waals surface area contributed by atoms with E-state index in [1.807, 2.05) is 36.5 Å². The Morgan fingerprint density at radius 1 is 1.28 bits per heavy atom. The van der Waals surface area contributed by atoms with Gasteiger partial charge < -0.3 is 4.57 Å². The number of nitriles is 2. The summed E-state index contributed by atoms with van der Waals surface area (Å²) in [6, 6.07) is 11.8. The van der Waals surface area contributed by atoms with Gasteiger partial charge in [0, 0.05) is 29.2 Å². The van der Waals surface area contributed by atoms with Crippen molar-refractivity contribution < 1.29 is 0 Å². The molecule has 0 aliphatic carbocycles. The first-order valence-electron chi connectivity index (χ1n) is 5.90. The monoisotopic (exact) mass is 235 g/mol. The molecule has 0 atom stereocenters. The van der Waals surface area contributed by atoms with Gasteiger partial charge in [-0.3, -0.25) is 0 Å². The first kappa shape index (κ1) is 12.0. The lowest BCUT2D eigenvalue weighted by molar-refractivity contribution is 0.703. The van der Waals surface area contributed by atoms with E-state index in [9.17, 15) is 0 Å². The number of fused-ring (bicyclic) bond motifs is 1. The lowest BCUT2D eigenvalue weighted by Crippen LogP contribution is -1.93. The number of aryl methyl sites for hydroxylation is 1. The van der Waals surface area contributed by atoms with Crippen LogP contribution in [0.3, 0.4) is 0 Å². The quantitative estimate of drug-likeness (QED) is 0.765. The van der Waals surface area contributed by atoms with Gasteiger partial charge in [-0.25, -0.2) is 0 Å². The molecule has 2 rings (SSSR count). The first-order valence-corrected chi connectivity index (χ1v) is 5.90. The standard InChI is InChI=1S/C15H13N3/c1-2-7-18-11-13(8-12(9-16)10-17)14-5-3-4-6-15(14)18/h3-6,8,11H,2,7H2,1H3. The molecule has 1 aromatic heterocycles. The molecule has 0 spiro atoms. The van der Waals surface area contributed by atoms with Crippen molar-refractivity contribution in [3.63, 3.8) is 0 Å². The zero-order chi connectivity index (χ0) is 13.0. The Morgan fingerprint density at radius 3 is 2.67 bits per heavy atom. The normalized spacial score (nSPS) is 9.72. The molecule has 0 saturated carbocycles. The van der Waals surface area contributed by atoms with Crippen molar-refractivity contribution in [2.75, 3.05) is 0 Å². The predicted octanol–water partition coefficient (Wildman–Crippen LogP) is 3.48. The van der Waals surface area contributed by atoms with Gasteiger partial charge in [0.25, 0.3) is 0 Å². The molecule has 0 unspecified atom stereocenters. The zero-order valence-electron chi connectivity index (χ0n) is 10.2. The van der Waals surface area contributed by atoms with E-state index >= 15 is 0 Å². The third-order valence-electron chi connectivity index (χ3n) is 2.82. The molecule has 3 heteroatoms. The van der Waals surface area contributed by atoms with Crippen LogP contribution in [0.2, 0.25) is 0 Å². The Kier molecular flexibility index (Phi) is 3.46. The molecular weight excluding hydrogens is 222 g/mol. The van der Waals surface area contributed by atoms with Crippen LogP contribution < -0.4 is 0 Å². The van der Waals surface area contributed by atoms with E-state index in [4.69, 9.17) is 10.5 Å². The van der Waals surface area contributed by atoms with Crippen LogP contribution in [-0.2, 0) is 6.54 Å². The number of para-hydroxylation sites is 1. The van der Waals surface area contributed by atoms with Crippen LogP contribution in [0.4, 0.5) is 0 Å². The minimum atomic E-state index is 0.134. The number of rotatable bonds is 3. The molecule has 18 heavy (non-hydrogen) atoms. The summed E-state index contributed by atoms with van der Waals surface area (Å²) in [4.78, 5) is 0. The van der Waals surface area contributed by atoms with E-state index in [2.05, 4.69) is 17.6 Å². The maximum Gasteiger partial charge on any atom is 0.130 e. The third kappa shape index (κ3) is 2.12. The highest BCUT2D eigenvalue weighted by molar-refractivity contribution is 5.90. The Morgan fingerprint density at radius 2 is 2.00 bits per heavy atom. The summed E-state index contributed by atoms with van der Waals surface area (Å²) in [5.41, 5.74) is 2.20. The summed E-state index contributed by atoms with van der Waals surface area (Å²) in [5.74, 6) is 0. The fourth-order valence-corrected chi connectivity index (χ4v) is 2.06. The average Bonchev–Trinajstić information content (AvgIpc) is 2.75. The summed E-state index contributed by atoms with van der Waals surface area (Å²) >= 11 is 0. The third-order valence-corrected chi connectivity index (χ3v) is 2.82. The molecule has 2 aromatic rings. The summed E-state index contributed by atoms with van der Waals surface area (Å²) in [6.45, 7) is 3.06. The number of allylic oxidation sites excluding steroid dienone is 1. The van der Waals surface area contributed by atoms with E-state index < -0.39 is 0 Å². The molecule has 0 fully saturated rings. The maximum absolute atomic E-state index is 8.82. The van der Waals surface area contributed by atoms with E-state index in [-0.39, 0.29) is 5.57 Å². The SMILES string of the molecule is CCCn1cc(C=C(C#N)C#N)c2ccccc21. The summed E-state index contributed by atoms with van der Waals surface area (Å²) in [7, 11) is 0. The van der Waals surface area contributed by atoms with Crippen molar-refractivity contribution in [2.45, 2.75) is 19.9 Å².